The highest BCUT2D eigenvalue weighted by Crippen LogP contribution is 2.25. The number of carbonyl (C=O) groups is 1. The van der Waals surface area contributed by atoms with Crippen LogP contribution in [-0.4, -0.2) is 75.3 Å². The lowest BCUT2D eigenvalue weighted by molar-refractivity contribution is -0.0893. The molecule has 0 saturated carbocycles. The Hall–Kier alpha value is -0.930. The maximum Gasteiger partial charge on any atom is 0.321 e. The number of hydrogen-bond donors (Lipinski definition) is 5. The summed E-state index contributed by atoms with van der Waals surface area (Å²) < 4.78 is 5.21. The maximum absolute atomic E-state index is 11.6. The van der Waals surface area contributed by atoms with Crippen LogP contribution < -0.4 is 5.32 Å². The molecule has 2 aliphatic heterocycles. The van der Waals surface area contributed by atoms with E-state index in [9.17, 15) is 20.1 Å². The van der Waals surface area contributed by atoms with Gasteiger partial charge in [-0.15, -0.1) is 0 Å². The van der Waals surface area contributed by atoms with E-state index in [4.69, 9.17) is 9.84 Å². The van der Waals surface area contributed by atoms with Gasteiger partial charge in [0, 0.05) is 13.0 Å². The Morgan fingerprint density at radius 1 is 1.35 bits per heavy atom. The van der Waals surface area contributed by atoms with E-state index >= 15 is 0 Å². The predicted octanol–water partition coefficient (Wildman–Crippen LogP) is -2.84. The van der Waals surface area contributed by atoms with Crippen molar-refractivity contribution in [1.82, 2.24) is 10.2 Å². The molecule has 0 aliphatic carbocycles. The van der Waals surface area contributed by atoms with Gasteiger partial charge >= 0.3 is 6.03 Å². The number of amides is 2. The third-order valence-electron chi connectivity index (χ3n) is 3.02. The van der Waals surface area contributed by atoms with Gasteiger partial charge in [-0.1, -0.05) is 0 Å². The SMILES string of the molecule is O=C1NC(O)CCN1[C@@H]1O[C@H](CO)[C@H](O)[C@@H]1O. The molecule has 2 amide bonds. The highest BCUT2D eigenvalue weighted by molar-refractivity contribution is 5.75. The molecule has 2 aliphatic rings. The van der Waals surface area contributed by atoms with Crippen molar-refractivity contribution in [3.8, 4) is 0 Å². The van der Waals surface area contributed by atoms with Crippen LogP contribution in [0.1, 0.15) is 6.42 Å². The minimum atomic E-state index is -1.27. The highest BCUT2D eigenvalue weighted by Gasteiger charge is 2.47. The Morgan fingerprint density at radius 2 is 2.06 bits per heavy atom. The van der Waals surface area contributed by atoms with E-state index in [1.807, 2.05) is 0 Å². The zero-order valence-corrected chi connectivity index (χ0v) is 9.06. The van der Waals surface area contributed by atoms with Crippen molar-refractivity contribution in [3.05, 3.63) is 0 Å². The summed E-state index contributed by atoms with van der Waals surface area (Å²) in [4.78, 5) is 12.7. The molecule has 2 fully saturated rings. The Bertz CT molecular complexity index is 301. The molecule has 17 heavy (non-hydrogen) atoms. The summed E-state index contributed by atoms with van der Waals surface area (Å²) in [6.07, 6.45) is -5.02. The van der Waals surface area contributed by atoms with Crippen molar-refractivity contribution in [3.63, 3.8) is 0 Å². The van der Waals surface area contributed by atoms with Gasteiger partial charge in [0.05, 0.1) is 6.61 Å². The molecule has 5 N–H and O–H groups in total. The first-order valence-electron chi connectivity index (χ1n) is 5.42. The van der Waals surface area contributed by atoms with Gasteiger partial charge in [0.1, 0.15) is 24.5 Å². The van der Waals surface area contributed by atoms with Gasteiger partial charge in [0.25, 0.3) is 0 Å². The second-order valence-corrected chi connectivity index (χ2v) is 4.18. The van der Waals surface area contributed by atoms with Crippen molar-refractivity contribution in [2.75, 3.05) is 13.2 Å². The van der Waals surface area contributed by atoms with Crippen LogP contribution in [0.4, 0.5) is 4.79 Å². The van der Waals surface area contributed by atoms with Gasteiger partial charge in [-0.05, 0) is 0 Å². The first kappa shape index (κ1) is 12.5. The zero-order valence-electron chi connectivity index (χ0n) is 9.06. The van der Waals surface area contributed by atoms with Gasteiger partial charge in [0.15, 0.2) is 6.23 Å². The topological polar surface area (TPSA) is 122 Å². The van der Waals surface area contributed by atoms with E-state index in [0.717, 1.165) is 0 Å². The van der Waals surface area contributed by atoms with Gasteiger partial charge in [-0.2, -0.15) is 0 Å². The van der Waals surface area contributed by atoms with Gasteiger partial charge in [0.2, 0.25) is 0 Å². The molecule has 1 unspecified atom stereocenters. The van der Waals surface area contributed by atoms with Gasteiger partial charge < -0.3 is 30.5 Å². The fourth-order valence-electron chi connectivity index (χ4n) is 2.04. The number of urea groups is 1. The van der Waals surface area contributed by atoms with Crippen LogP contribution >= 0.6 is 0 Å². The molecule has 2 rings (SSSR count). The normalized spacial score (nSPS) is 42.7. The van der Waals surface area contributed by atoms with Crippen LogP contribution in [0.15, 0.2) is 0 Å². The summed E-state index contributed by atoms with van der Waals surface area (Å²) in [5.74, 6) is 0. The Kier molecular flexibility index (Phi) is 3.50. The Labute approximate surface area is 97.4 Å². The molecule has 0 aromatic heterocycles. The first-order chi connectivity index (χ1) is 8.04. The Balaban J connectivity index is 2.05. The fourth-order valence-corrected chi connectivity index (χ4v) is 2.04. The monoisotopic (exact) mass is 248 g/mol. The quantitative estimate of drug-likeness (QED) is 0.359. The Morgan fingerprint density at radius 3 is 2.59 bits per heavy atom. The number of aliphatic hydroxyl groups is 4. The van der Waals surface area contributed by atoms with Gasteiger partial charge in [-0.3, -0.25) is 4.90 Å². The minimum Gasteiger partial charge on any atom is -0.394 e. The smallest absolute Gasteiger partial charge is 0.321 e. The molecule has 0 aromatic carbocycles. The number of nitrogens with zero attached hydrogens (tertiary/aromatic N) is 1. The summed E-state index contributed by atoms with van der Waals surface area (Å²) in [5.41, 5.74) is 0. The molecule has 98 valence electrons. The second kappa shape index (κ2) is 4.75. The number of rotatable bonds is 2. The molecule has 8 heteroatoms. The van der Waals surface area contributed by atoms with Crippen molar-refractivity contribution < 1.29 is 30.0 Å². The van der Waals surface area contributed by atoms with E-state index in [0.29, 0.717) is 6.42 Å². The lowest BCUT2D eigenvalue weighted by Gasteiger charge is -2.35. The third-order valence-corrected chi connectivity index (χ3v) is 3.02. The summed E-state index contributed by atoms with van der Waals surface area (Å²) in [7, 11) is 0. The number of carbonyl (C=O) groups excluding carboxylic acids is 1. The van der Waals surface area contributed by atoms with Gasteiger partial charge in [-0.25, -0.2) is 4.79 Å². The van der Waals surface area contributed by atoms with Crippen LogP contribution in [0.2, 0.25) is 0 Å². The zero-order chi connectivity index (χ0) is 12.6. The van der Waals surface area contributed by atoms with Crippen LogP contribution in [0.3, 0.4) is 0 Å². The van der Waals surface area contributed by atoms with E-state index in [-0.39, 0.29) is 6.54 Å². The molecule has 0 bridgehead atoms. The van der Waals surface area contributed by atoms with E-state index < -0.39 is 43.4 Å². The summed E-state index contributed by atoms with van der Waals surface area (Å²) in [6.45, 7) is -0.230. The molecule has 5 atom stereocenters. The molecule has 0 radical (unpaired) electrons. The van der Waals surface area contributed by atoms with Crippen LogP contribution in [0, 0.1) is 0 Å². The van der Waals surface area contributed by atoms with E-state index in [2.05, 4.69) is 5.32 Å². The number of nitrogens with one attached hydrogen (secondary N) is 1. The predicted molar refractivity (Wildman–Crippen MR) is 53.6 cm³/mol. The van der Waals surface area contributed by atoms with Crippen LogP contribution in [0.25, 0.3) is 0 Å². The molecular formula is C9H16N2O6. The summed E-state index contributed by atoms with van der Waals surface area (Å²) in [6, 6.07) is -0.571. The second-order valence-electron chi connectivity index (χ2n) is 4.18. The molecule has 8 nitrogen and oxygen atoms in total. The molecule has 2 heterocycles. The summed E-state index contributed by atoms with van der Waals surface area (Å²) in [5, 5.41) is 39.7. The van der Waals surface area contributed by atoms with E-state index in [1.165, 1.54) is 4.90 Å². The molecular weight excluding hydrogens is 232 g/mol. The van der Waals surface area contributed by atoms with Crippen LogP contribution in [-0.2, 0) is 4.74 Å². The van der Waals surface area contributed by atoms with E-state index in [1.54, 1.807) is 0 Å². The fraction of sp³-hybridized carbons (Fsp3) is 0.889. The lowest BCUT2D eigenvalue weighted by atomic mass is 10.1. The highest BCUT2D eigenvalue weighted by atomic mass is 16.6. The average Bonchev–Trinajstić information content (AvgIpc) is 2.57. The maximum atomic E-state index is 11.6. The molecule has 0 spiro atoms. The molecule has 0 aromatic rings. The van der Waals surface area contributed by atoms with Crippen molar-refractivity contribution >= 4 is 6.03 Å². The lowest BCUT2D eigenvalue weighted by Crippen LogP contribution is -2.57. The van der Waals surface area contributed by atoms with Crippen molar-refractivity contribution in [2.24, 2.45) is 0 Å². The molecule has 2 saturated heterocycles. The number of ether oxygens (including phenoxy) is 1. The summed E-state index contributed by atoms with van der Waals surface area (Å²) >= 11 is 0. The number of aliphatic hydroxyl groups excluding tert-OH is 4. The standard InChI is InChI=1S/C9H16N2O6/c12-3-4-6(14)7(15)8(17-4)11-2-1-5(13)10-9(11)16/h4-8,12-15H,1-3H2,(H,10,16)/t4-,5?,6+,7+,8-/m1/s1. The minimum absolute atomic E-state index is 0.208. The average molecular weight is 248 g/mol. The first-order valence-corrected chi connectivity index (χ1v) is 5.42. The van der Waals surface area contributed by atoms with Crippen LogP contribution in [0.5, 0.6) is 0 Å². The van der Waals surface area contributed by atoms with Crippen molar-refractivity contribution in [2.45, 2.75) is 37.2 Å². The third kappa shape index (κ3) is 2.22. The largest absolute Gasteiger partial charge is 0.394 e. The van der Waals surface area contributed by atoms with Crippen molar-refractivity contribution in [1.29, 1.82) is 0 Å². The number of hydrogen-bond acceptors (Lipinski definition) is 6.